The average Bonchev–Trinajstić information content (AvgIpc) is 2.43. The highest BCUT2D eigenvalue weighted by Gasteiger charge is 2.33. The molecule has 106 valence electrons. The van der Waals surface area contributed by atoms with Gasteiger partial charge < -0.3 is 10.4 Å². The monoisotopic (exact) mass is 285 g/mol. The molecule has 0 radical (unpaired) electrons. The van der Waals surface area contributed by atoms with Crippen LogP contribution in [0.2, 0.25) is 5.02 Å². The Morgan fingerprint density at radius 2 is 2.11 bits per heavy atom. The smallest absolute Gasteiger partial charge is 0.146 e. The molecule has 0 heterocycles. The van der Waals surface area contributed by atoms with Gasteiger partial charge in [0.15, 0.2) is 0 Å². The minimum atomic E-state index is -0.367. The molecule has 1 aliphatic rings. The molecule has 19 heavy (non-hydrogen) atoms. The second-order valence-electron chi connectivity index (χ2n) is 5.69. The Labute approximate surface area is 119 Å². The first-order valence-corrected chi connectivity index (χ1v) is 7.23. The SMILES string of the molecule is CC1CCC(CO)(NCc2cccc(Cl)c2F)CC1. The lowest BCUT2D eigenvalue weighted by Gasteiger charge is -2.39. The molecule has 0 aliphatic heterocycles. The third-order valence-corrected chi connectivity index (χ3v) is 4.51. The normalized spacial score (nSPS) is 27.5. The van der Waals surface area contributed by atoms with Gasteiger partial charge >= 0.3 is 0 Å². The second kappa shape index (κ2) is 6.21. The molecule has 4 heteroatoms. The van der Waals surface area contributed by atoms with Gasteiger partial charge in [-0.25, -0.2) is 4.39 Å². The Morgan fingerprint density at radius 3 is 2.74 bits per heavy atom. The van der Waals surface area contributed by atoms with Crippen LogP contribution in [0, 0.1) is 11.7 Å². The largest absolute Gasteiger partial charge is 0.394 e. The summed E-state index contributed by atoms with van der Waals surface area (Å²) in [6.45, 7) is 2.74. The summed E-state index contributed by atoms with van der Waals surface area (Å²) in [5.74, 6) is 0.346. The number of aliphatic hydroxyl groups is 1. The van der Waals surface area contributed by atoms with Crippen LogP contribution in [0.4, 0.5) is 4.39 Å². The van der Waals surface area contributed by atoms with Gasteiger partial charge in [-0.3, -0.25) is 0 Å². The summed E-state index contributed by atoms with van der Waals surface area (Å²) in [7, 11) is 0. The standard InChI is InChI=1S/C15H21ClFNO/c1-11-5-7-15(10-19,8-6-11)18-9-12-3-2-4-13(16)14(12)17/h2-4,11,18-19H,5-10H2,1H3. The first kappa shape index (κ1) is 14.8. The predicted molar refractivity (Wildman–Crippen MR) is 75.7 cm³/mol. The Balaban J connectivity index is 2.02. The van der Waals surface area contributed by atoms with Gasteiger partial charge in [-0.15, -0.1) is 0 Å². The zero-order valence-corrected chi connectivity index (χ0v) is 12.0. The van der Waals surface area contributed by atoms with Gasteiger partial charge in [0.25, 0.3) is 0 Å². The summed E-state index contributed by atoms with van der Waals surface area (Å²) in [4.78, 5) is 0. The number of rotatable bonds is 4. The number of hydrogen-bond acceptors (Lipinski definition) is 2. The van der Waals surface area contributed by atoms with Crippen LogP contribution in [0.15, 0.2) is 18.2 Å². The summed E-state index contributed by atoms with van der Waals surface area (Å²) >= 11 is 5.77. The van der Waals surface area contributed by atoms with Crippen LogP contribution in [-0.2, 0) is 6.54 Å². The molecule has 0 aromatic heterocycles. The van der Waals surface area contributed by atoms with E-state index in [1.54, 1.807) is 18.2 Å². The third-order valence-electron chi connectivity index (χ3n) is 4.22. The minimum Gasteiger partial charge on any atom is -0.394 e. The van der Waals surface area contributed by atoms with Crippen molar-refractivity contribution >= 4 is 11.6 Å². The van der Waals surface area contributed by atoms with E-state index in [4.69, 9.17) is 11.6 Å². The van der Waals surface area contributed by atoms with Crippen LogP contribution < -0.4 is 5.32 Å². The molecule has 0 bridgehead atoms. The molecule has 2 rings (SSSR count). The van der Waals surface area contributed by atoms with Crippen molar-refractivity contribution in [2.45, 2.75) is 44.7 Å². The van der Waals surface area contributed by atoms with E-state index < -0.39 is 0 Å². The molecule has 0 unspecified atom stereocenters. The zero-order chi connectivity index (χ0) is 13.9. The van der Waals surface area contributed by atoms with Gasteiger partial charge in [-0.05, 0) is 37.7 Å². The highest BCUT2D eigenvalue weighted by Crippen LogP contribution is 2.32. The third kappa shape index (κ3) is 3.47. The fraction of sp³-hybridized carbons (Fsp3) is 0.600. The van der Waals surface area contributed by atoms with E-state index in [1.165, 1.54) is 0 Å². The molecular formula is C15H21ClFNO. The summed E-state index contributed by atoms with van der Waals surface area (Å²) in [5, 5.41) is 13.1. The molecule has 2 N–H and O–H groups in total. The van der Waals surface area contributed by atoms with Gasteiger partial charge in [0.1, 0.15) is 5.82 Å². The highest BCUT2D eigenvalue weighted by atomic mass is 35.5. The molecule has 1 aliphatic carbocycles. The van der Waals surface area contributed by atoms with E-state index in [1.807, 2.05) is 0 Å². The molecule has 1 saturated carbocycles. The Kier molecular flexibility index (Phi) is 4.82. The molecule has 0 amide bonds. The zero-order valence-electron chi connectivity index (χ0n) is 11.3. The molecule has 1 fully saturated rings. The van der Waals surface area contributed by atoms with Crippen LogP contribution in [-0.4, -0.2) is 17.3 Å². The molecule has 2 nitrogen and oxygen atoms in total. The van der Waals surface area contributed by atoms with Crippen LogP contribution in [0.5, 0.6) is 0 Å². The lowest BCUT2D eigenvalue weighted by atomic mass is 9.77. The number of nitrogens with one attached hydrogen (secondary N) is 1. The van der Waals surface area contributed by atoms with Crippen molar-refractivity contribution < 1.29 is 9.50 Å². The first-order valence-electron chi connectivity index (χ1n) is 6.85. The Morgan fingerprint density at radius 1 is 1.42 bits per heavy atom. The summed E-state index contributed by atoms with van der Waals surface area (Å²) in [6, 6.07) is 5.02. The van der Waals surface area contributed by atoms with E-state index >= 15 is 0 Å². The van der Waals surface area contributed by atoms with Gasteiger partial charge in [0.2, 0.25) is 0 Å². The van der Waals surface area contributed by atoms with E-state index in [9.17, 15) is 9.50 Å². The molecular weight excluding hydrogens is 265 g/mol. The quantitative estimate of drug-likeness (QED) is 0.887. The fourth-order valence-electron chi connectivity index (χ4n) is 2.67. The van der Waals surface area contributed by atoms with Crippen LogP contribution >= 0.6 is 11.6 Å². The van der Waals surface area contributed by atoms with Crippen molar-refractivity contribution in [3.8, 4) is 0 Å². The summed E-state index contributed by atoms with van der Waals surface area (Å²) in [6.07, 6.45) is 4.08. The maximum Gasteiger partial charge on any atom is 0.146 e. The minimum absolute atomic E-state index is 0.0991. The molecule has 1 aromatic carbocycles. The van der Waals surface area contributed by atoms with Crippen molar-refractivity contribution in [2.24, 2.45) is 5.92 Å². The summed E-state index contributed by atoms with van der Waals surface area (Å²) < 4.78 is 13.8. The van der Waals surface area contributed by atoms with Crippen LogP contribution in [0.1, 0.15) is 38.2 Å². The topological polar surface area (TPSA) is 32.3 Å². The van der Waals surface area contributed by atoms with Gasteiger partial charge in [0, 0.05) is 17.6 Å². The lowest BCUT2D eigenvalue weighted by molar-refractivity contribution is 0.104. The van der Waals surface area contributed by atoms with Gasteiger partial charge in [-0.2, -0.15) is 0 Å². The van der Waals surface area contributed by atoms with Crippen molar-refractivity contribution in [1.29, 1.82) is 0 Å². The van der Waals surface area contributed by atoms with Crippen molar-refractivity contribution in [1.82, 2.24) is 5.32 Å². The maximum atomic E-state index is 13.8. The van der Waals surface area contributed by atoms with Gasteiger partial charge in [0.05, 0.1) is 11.6 Å². The van der Waals surface area contributed by atoms with Crippen molar-refractivity contribution in [2.75, 3.05) is 6.61 Å². The average molecular weight is 286 g/mol. The van der Waals surface area contributed by atoms with Crippen LogP contribution in [0.3, 0.4) is 0 Å². The predicted octanol–water partition coefficient (Wildman–Crippen LogP) is 3.51. The second-order valence-corrected chi connectivity index (χ2v) is 6.09. The number of halogens is 2. The fourth-order valence-corrected chi connectivity index (χ4v) is 2.87. The number of benzene rings is 1. The Hall–Kier alpha value is -0.640. The Bertz CT molecular complexity index is 430. The maximum absolute atomic E-state index is 13.8. The van der Waals surface area contributed by atoms with E-state index in [0.29, 0.717) is 18.0 Å². The molecule has 1 aromatic rings. The molecule has 0 spiro atoms. The number of aliphatic hydroxyl groups excluding tert-OH is 1. The first-order chi connectivity index (χ1) is 9.06. The lowest BCUT2D eigenvalue weighted by Crippen LogP contribution is -2.50. The van der Waals surface area contributed by atoms with Crippen molar-refractivity contribution in [3.05, 3.63) is 34.6 Å². The van der Waals surface area contributed by atoms with E-state index in [2.05, 4.69) is 12.2 Å². The molecule has 0 atom stereocenters. The molecule has 0 saturated heterocycles. The van der Waals surface area contributed by atoms with E-state index in [0.717, 1.165) is 25.7 Å². The highest BCUT2D eigenvalue weighted by molar-refractivity contribution is 6.30. The van der Waals surface area contributed by atoms with E-state index in [-0.39, 0.29) is 23.0 Å². The summed E-state index contributed by atoms with van der Waals surface area (Å²) in [5.41, 5.74) is 0.292. The number of hydrogen-bond donors (Lipinski definition) is 2. The van der Waals surface area contributed by atoms with Crippen molar-refractivity contribution in [3.63, 3.8) is 0 Å². The van der Waals surface area contributed by atoms with Gasteiger partial charge in [-0.1, -0.05) is 30.7 Å². The van der Waals surface area contributed by atoms with Crippen LogP contribution in [0.25, 0.3) is 0 Å².